The molecule has 1 fully saturated rings. The SMILES string of the molecule is NC(c1ccc(OC2CC2)cc1)c1cc2ccccc2s1. The van der Waals surface area contributed by atoms with Crippen LogP contribution in [-0.4, -0.2) is 6.10 Å². The summed E-state index contributed by atoms with van der Waals surface area (Å²) in [5.41, 5.74) is 7.54. The Morgan fingerprint density at radius 3 is 2.52 bits per heavy atom. The normalized spacial score (nSPS) is 16.0. The van der Waals surface area contributed by atoms with Crippen LogP contribution >= 0.6 is 11.3 Å². The lowest BCUT2D eigenvalue weighted by Crippen LogP contribution is -2.10. The van der Waals surface area contributed by atoms with Crippen molar-refractivity contribution >= 4 is 21.4 Å². The van der Waals surface area contributed by atoms with Crippen molar-refractivity contribution in [3.63, 3.8) is 0 Å². The Labute approximate surface area is 128 Å². The Hall–Kier alpha value is -1.84. The number of fused-ring (bicyclic) bond motifs is 1. The molecule has 0 bridgehead atoms. The van der Waals surface area contributed by atoms with E-state index in [4.69, 9.17) is 10.5 Å². The fourth-order valence-corrected chi connectivity index (χ4v) is 3.55. The van der Waals surface area contributed by atoms with Gasteiger partial charge in [-0.1, -0.05) is 30.3 Å². The monoisotopic (exact) mass is 295 g/mol. The molecule has 2 N–H and O–H groups in total. The molecular weight excluding hydrogens is 278 g/mol. The zero-order chi connectivity index (χ0) is 14.2. The highest BCUT2D eigenvalue weighted by molar-refractivity contribution is 7.19. The second-order valence-electron chi connectivity index (χ2n) is 5.55. The van der Waals surface area contributed by atoms with Crippen LogP contribution in [0.2, 0.25) is 0 Å². The Kier molecular flexibility index (Phi) is 3.17. The Balaban J connectivity index is 1.59. The van der Waals surface area contributed by atoms with E-state index in [0.29, 0.717) is 6.10 Å². The standard InChI is InChI=1S/C18H17NOS/c19-18(17-11-13-3-1-2-4-16(13)21-17)12-5-7-14(8-6-12)20-15-9-10-15/h1-8,11,15,18H,9-10,19H2. The number of rotatable bonds is 4. The minimum absolute atomic E-state index is 0.0719. The van der Waals surface area contributed by atoms with Gasteiger partial charge in [-0.15, -0.1) is 11.3 Å². The first-order chi connectivity index (χ1) is 10.3. The summed E-state index contributed by atoms with van der Waals surface area (Å²) in [6.45, 7) is 0. The quantitative estimate of drug-likeness (QED) is 0.769. The molecule has 1 aliphatic carbocycles. The van der Waals surface area contributed by atoms with E-state index >= 15 is 0 Å². The molecule has 0 radical (unpaired) electrons. The predicted molar refractivity (Wildman–Crippen MR) is 87.9 cm³/mol. The Morgan fingerprint density at radius 2 is 1.81 bits per heavy atom. The molecule has 0 saturated heterocycles. The van der Waals surface area contributed by atoms with Crippen molar-refractivity contribution in [2.24, 2.45) is 5.73 Å². The number of thiophene rings is 1. The van der Waals surface area contributed by atoms with Crippen molar-refractivity contribution < 1.29 is 4.74 Å². The van der Waals surface area contributed by atoms with Crippen molar-refractivity contribution in [1.82, 2.24) is 0 Å². The predicted octanol–water partition coefficient (Wildman–Crippen LogP) is 4.49. The topological polar surface area (TPSA) is 35.2 Å². The number of nitrogens with two attached hydrogens (primary N) is 1. The lowest BCUT2D eigenvalue weighted by molar-refractivity contribution is 0.303. The first kappa shape index (κ1) is 12.9. The maximum Gasteiger partial charge on any atom is 0.119 e. The van der Waals surface area contributed by atoms with Crippen molar-refractivity contribution in [3.8, 4) is 5.75 Å². The highest BCUT2D eigenvalue weighted by Crippen LogP contribution is 2.33. The largest absolute Gasteiger partial charge is 0.490 e. The third-order valence-corrected chi connectivity index (χ3v) is 5.02. The first-order valence-electron chi connectivity index (χ1n) is 7.30. The average Bonchev–Trinajstić information content (AvgIpc) is 3.22. The van der Waals surface area contributed by atoms with Gasteiger partial charge in [-0.3, -0.25) is 0 Å². The average molecular weight is 295 g/mol. The molecule has 1 aromatic heterocycles. The minimum atomic E-state index is -0.0719. The molecule has 0 spiro atoms. The van der Waals surface area contributed by atoms with Crippen LogP contribution in [0.1, 0.15) is 29.3 Å². The molecular formula is C18H17NOS. The van der Waals surface area contributed by atoms with Gasteiger partial charge >= 0.3 is 0 Å². The molecule has 3 aromatic rings. The third-order valence-electron chi connectivity index (χ3n) is 3.82. The Bertz CT molecular complexity index is 725. The van der Waals surface area contributed by atoms with E-state index in [1.54, 1.807) is 11.3 Å². The summed E-state index contributed by atoms with van der Waals surface area (Å²) in [5.74, 6) is 0.949. The summed E-state index contributed by atoms with van der Waals surface area (Å²) in [7, 11) is 0. The highest BCUT2D eigenvalue weighted by atomic mass is 32.1. The van der Waals surface area contributed by atoms with Gasteiger partial charge in [0.15, 0.2) is 0 Å². The molecule has 106 valence electrons. The molecule has 2 nitrogen and oxygen atoms in total. The second-order valence-corrected chi connectivity index (χ2v) is 6.67. The molecule has 1 atom stereocenters. The van der Waals surface area contributed by atoms with Gasteiger partial charge in [-0.25, -0.2) is 0 Å². The molecule has 2 aromatic carbocycles. The lowest BCUT2D eigenvalue weighted by Gasteiger charge is -2.11. The molecule has 4 rings (SSSR count). The maximum atomic E-state index is 6.41. The van der Waals surface area contributed by atoms with E-state index < -0.39 is 0 Å². The van der Waals surface area contributed by atoms with Crippen molar-refractivity contribution in [3.05, 3.63) is 65.0 Å². The zero-order valence-electron chi connectivity index (χ0n) is 11.7. The van der Waals surface area contributed by atoms with E-state index in [2.05, 4.69) is 42.5 Å². The minimum Gasteiger partial charge on any atom is -0.490 e. The van der Waals surface area contributed by atoms with Crippen LogP contribution < -0.4 is 10.5 Å². The van der Waals surface area contributed by atoms with E-state index in [1.165, 1.54) is 27.8 Å². The van der Waals surface area contributed by atoms with Crippen LogP contribution in [0.5, 0.6) is 5.75 Å². The summed E-state index contributed by atoms with van der Waals surface area (Å²) in [6, 6.07) is 18.7. The van der Waals surface area contributed by atoms with Crippen LogP contribution in [0.25, 0.3) is 10.1 Å². The lowest BCUT2D eigenvalue weighted by atomic mass is 10.1. The summed E-state index contributed by atoms with van der Waals surface area (Å²) in [4.78, 5) is 1.20. The van der Waals surface area contributed by atoms with Crippen LogP contribution in [-0.2, 0) is 0 Å². The van der Waals surface area contributed by atoms with Crippen LogP contribution in [0.4, 0.5) is 0 Å². The van der Waals surface area contributed by atoms with E-state index in [-0.39, 0.29) is 6.04 Å². The fraction of sp³-hybridized carbons (Fsp3) is 0.222. The smallest absolute Gasteiger partial charge is 0.119 e. The molecule has 3 heteroatoms. The number of ether oxygens (including phenoxy) is 1. The van der Waals surface area contributed by atoms with Gasteiger partial charge in [0, 0.05) is 9.58 Å². The molecule has 1 heterocycles. The fourth-order valence-electron chi connectivity index (χ4n) is 2.45. The first-order valence-corrected chi connectivity index (χ1v) is 8.12. The van der Waals surface area contributed by atoms with Crippen molar-refractivity contribution in [1.29, 1.82) is 0 Å². The molecule has 21 heavy (non-hydrogen) atoms. The summed E-state index contributed by atoms with van der Waals surface area (Å²) in [6.07, 6.45) is 2.80. The third kappa shape index (κ3) is 2.67. The van der Waals surface area contributed by atoms with Gasteiger partial charge in [0.2, 0.25) is 0 Å². The number of hydrogen-bond donors (Lipinski definition) is 1. The van der Waals surface area contributed by atoms with Crippen LogP contribution in [0.3, 0.4) is 0 Å². The van der Waals surface area contributed by atoms with E-state index in [1.807, 2.05) is 12.1 Å². The zero-order valence-corrected chi connectivity index (χ0v) is 12.5. The van der Waals surface area contributed by atoms with Crippen molar-refractivity contribution in [2.75, 3.05) is 0 Å². The van der Waals surface area contributed by atoms with Gasteiger partial charge in [-0.05, 0) is 48.1 Å². The van der Waals surface area contributed by atoms with Gasteiger partial charge in [0.25, 0.3) is 0 Å². The van der Waals surface area contributed by atoms with Gasteiger partial charge in [0.1, 0.15) is 5.75 Å². The Morgan fingerprint density at radius 1 is 1.05 bits per heavy atom. The van der Waals surface area contributed by atoms with Gasteiger partial charge < -0.3 is 10.5 Å². The summed E-state index contributed by atoms with van der Waals surface area (Å²) < 4.78 is 7.06. The molecule has 1 saturated carbocycles. The summed E-state index contributed by atoms with van der Waals surface area (Å²) in [5, 5.41) is 1.27. The molecule has 1 unspecified atom stereocenters. The molecule has 1 aliphatic rings. The highest BCUT2D eigenvalue weighted by Gasteiger charge is 2.23. The van der Waals surface area contributed by atoms with Crippen LogP contribution in [0, 0.1) is 0 Å². The number of benzene rings is 2. The summed E-state index contributed by atoms with van der Waals surface area (Å²) >= 11 is 1.77. The van der Waals surface area contributed by atoms with Gasteiger partial charge in [0.05, 0.1) is 12.1 Å². The molecule has 0 aliphatic heterocycles. The second kappa shape index (κ2) is 5.17. The van der Waals surface area contributed by atoms with Crippen LogP contribution in [0.15, 0.2) is 54.6 Å². The maximum absolute atomic E-state index is 6.41. The van der Waals surface area contributed by atoms with Crippen molar-refractivity contribution in [2.45, 2.75) is 25.0 Å². The van der Waals surface area contributed by atoms with E-state index in [0.717, 1.165) is 11.3 Å². The molecule has 0 amide bonds. The van der Waals surface area contributed by atoms with Gasteiger partial charge in [-0.2, -0.15) is 0 Å². The number of hydrogen-bond acceptors (Lipinski definition) is 3. The van der Waals surface area contributed by atoms with E-state index in [9.17, 15) is 0 Å².